The fourth-order valence-electron chi connectivity index (χ4n) is 2.14. The highest BCUT2D eigenvalue weighted by molar-refractivity contribution is 6.02. The Morgan fingerprint density at radius 2 is 2.04 bits per heavy atom. The number of carbonyl (C=O) groups is 1. The Balaban J connectivity index is 1.68. The Bertz CT molecular complexity index is 918. The average Bonchev–Trinajstić information content (AvgIpc) is 3.15. The van der Waals surface area contributed by atoms with Crippen LogP contribution in [0.15, 0.2) is 67.1 Å². The van der Waals surface area contributed by atoms with Crippen LogP contribution in [-0.4, -0.2) is 25.6 Å². The van der Waals surface area contributed by atoms with Crippen LogP contribution >= 0.6 is 0 Å². The number of aromatic nitrogens is 3. The van der Waals surface area contributed by atoms with Crippen LogP contribution in [0.3, 0.4) is 0 Å². The van der Waals surface area contributed by atoms with Crippen LogP contribution in [0.2, 0.25) is 0 Å². The predicted octanol–water partition coefficient (Wildman–Crippen LogP) is 2.83. The van der Waals surface area contributed by atoms with Gasteiger partial charge in [0, 0.05) is 24.5 Å². The van der Waals surface area contributed by atoms with Crippen LogP contribution in [0.5, 0.6) is 0 Å². The van der Waals surface area contributed by atoms with E-state index in [1.54, 1.807) is 53.5 Å². The molecule has 1 N–H and O–H groups in total. The first-order valence-electron chi connectivity index (χ1n) is 7.32. The second-order valence-corrected chi connectivity index (χ2v) is 4.99. The van der Waals surface area contributed by atoms with Gasteiger partial charge in [-0.1, -0.05) is 12.1 Å². The van der Waals surface area contributed by atoms with Gasteiger partial charge in [-0.2, -0.15) is 5.10 Å². The molecule has 1 amide bonds. The number of hydrogen-bond acceptors (Lipinski definition) is 5. The molecule has 0 radical (unpaired) electrons. The highest BCUT2D eigenvalue weighted by Gasteiger charge is 2.09. The first kappa shape index (κ1) is 16.1. The fraction of sp³-hybridized carbons (Fsp3) is 0. The minimum Gasteiger partial charge on any atom is -0.321 e. The molecule has 0 atom stereocenters. The van der Waals surface area contributed by atoms with E-state index in [4.69, 9.17) is 0 Å². The summed E-state index contributed by atoms with van der Waals surface area (Å²) in [6, 6.07) is 11.4. The minimum atomic E-state index is -0.491. The fourth-order valence-corrected chi connectivity index (χ4v) is 2.14. The molecule has 124 valence electrons. The van der Waals surface area contributed by atoms with Gasteiger partial charge in [-0.3, -0.25) is 14.9 Å². The second kappa shape index (κ2) is 7.18. The summed E-state index contributed by atoms with van der Waals surface area (Å²) in [4.78, 5) is 26.6. The van der Waals surface area contributed by atoms with E-state index in [1.807, 2.05) is 0 Å². The van der Waals surface area contributed by atoms with Crippen LogP contribution in [0.4, 0.5) is 11.4 Å². The molecule has 0 saturated heterocycles. The van der Waals surface area contributed by atoms with Crippen LogP contribution in [0, 0.1) is 10.1 Å². The number of benzene rings is 1. The molecule has 0 spiro atoms. The number of hydrogen-bond donors (Lipinski definition) is 1. The van der Waals surface area contributed by atoms with E-state index in [1.165, 1.54) is 24.4 Å². The minimum absolute atomic E-state index is 0.0585. The molecule has 0 fully saturated rings. The first-order valence-corrected chi connectivity index (χ1v) is 7.32. The topological polar surface area (TPSA) is 103 Å². The number of nitro benzene ring substituents is 1. The number of nitrogens with zero attached hydrogens (tertiary/aromatic N) is 4. The molecule has 8 nitrogen and oxygen atoms in total. The highest BCUT2D eigenvalue weighted by Crippen LogP contribution is 2.19. The van der Waals surface area contributed by atoms with Gasteiger partial charge in [-0.05, 0) is 30.3 Å². The van der Waals surface area contributed by atoms with Gasteiger partial charge in [0.2, 0.25) is 5.91 Å². The number of carbonyl (C=O) groups excluding carboxylic acids is 1. The first-order chi connectivity index (χ1) is 12.1. The zero-order valence-electron chi connectivity index (χ0n) is 12.9. The highest BCUT2D eigenvalue weighted by atomic mass is 16.6. The van der Waals surface area contributed by atoms with Crippen LogP contribution in [0.25, 0.3) is 11.9 Å². The summed E-state index contributed by atoms with van der Waals surface area (Å²) in [5.74, 6) is 0.213. The van der Waals surface area contributed by atoms with Crippen molar-refractivity contribution in [3.63, 3.8) is 0 Å². The summed E-state index contributed by atoms with van der Waals surface area (Å²) in [7, 11) is 0. The van der Waals surface area contributed by atoms with Gasteiger partial charge in [0.1, 0.15) is 0 Å². The molecule has 8 heteroatoms. The van der Waals surface area contributed by atoms with E-state index in [0.717, 1.165) is 0 Å². The van der Waals surface area contributed by atoms with Crippen molar-refractivity contribution in [2.24, 2.45) is 0 Å². The molecular formula is C17H13N5O3. The molecular weight excluding hydrogens is 322 g/mol. The molecule has 2 aromatic heterocycles. The Kier molecular flexibility index (Phi) is 4.61. The number of nitro groups is 1. The molecule has 25 heavy (non-hydrogen) atoms. The van der Waals surface area contributed by atoms with Crippen molar-refractivity contribution in [2.45, 2.75) is 0 Å². The smallest absolute Gasteiger partial charge is 0.276 e. The Morgan fingerprint density at radius 3 is 2.72 bits per heavy atom. The third kappa shape index (κ3) is 3.94. The van der Waals surface area contributed by atoms with E-state index in [9.17, 15) is 14.9 Å². The summed E-state index contributed by atoms with van der Waals surface area (Å²) in [5.41, 5.74) is 0.805. The van der Waals surface area contributed by atoms with Crippen LogP contribution in [-0.2, 0) is 4.79 Å². The molecule has 3 aromatic rings. The molecule has 1 aromatic carbocycles. The van der Waals surface area contributed by atoms with Gasteiger partial charge in [-0.15, -0.1) is 0 Å². The second-order valence-electron chi connectivity index (χ2n) is 4.99. The lowest BCUT2D eigenvalue weighted by atomic mass is 10.1. The van der Waals surface area contributed by atoms with Gasteiger partial charge in [0.05, 0.1) is 22.4 Å². The summed E-state index contributed by atoms with van der Waals surface area (Å²) in [6.07, 6.45) is 7.55. The van der Waals surface area contributed by atoms with Crippen molar-refractivity contribution in [1.82, 2.24) is 14.8 Å². The predicted molar refractivity (Wildman–Crippen MR) is 92.1 cm³/mol. The Labute approximate surface area is 142 Å². The molecule has 0 aliphatic heterocycles. The molecule has 0 bridgehead atoms. The number of pyridine rings is 1. The van der Waals surface area contributed by atoms with Gasteiger partial charge < -0.3 is 5.32 Å². The monoisotopic (exact) mass is 335 g/mol. The van der Waals surface area contributed by atoms with Gasteiger partial charge in [0.25, 0.3) is 5.69 Å². The van der Waals surface area contributed by atoms with E-state index >= 15 is 0 Å². The lowest BCUT2D eigenvalue weighted by Gasteiger charge is -2.04. The van der Waals surface area contributed by atoms with Gasteiger partial charge in [-0.25, -0.2) is 9.67 Å². The van der Waals surface area contributed by atoms with Gasteiger partial charge in [0.15, 0.2) is 5.82 Å². The van der Waals surface area contributed by atoms with E-state index in [-0.39, 0.29) is 5.69 Å². The molecule has 0 aliphatic carbocycles. The lowest BCUT2D eigenvalue weighted by molar-refractivity contribution is -0.385. The van der Waals surface area contributed by atoms with Crippen molar-refractivity contribution in [3.05, 3.63) is 82.8 Å². The quantitative estimate of drug-likeness (QED) is 0.439. The van der Waals surface area contributed by atoms with E-state index in [2.05, 4.69) is 15.4 Å². The summed E-state index contributed by atoms with van der Waals surface area (Å²) in [6.45, 7) is 0. The number of amides is 1. The maximum absolute atomic E-state index is 12.0. The summed E-state index contributed by atoms with van der Waals surface area (Å²) in [5, 5.41) is 17.7. The van der Waals surface area contributed by atoms with Gasteiger partial charge >= 0.3 is 0 Å². The van der Waals surface area contributed by atoms with Crippen molar-refractivity contribution < 1.29 is 9.72 Å². The Hall–Kier alpha value is -3.81. The maximum Gasteiger partial charge on any atom is 0.276 e. The normalized spacial score (nSPS) is 10.7. The third-order valence-electron chi connectivity index (χ3n) is 3.30. The van der Waals surface area contributed by atoms with Crippen LogP contribution < -0.4 is 5.32 Å². The van der Waals surface area contributed by atoms with Crippen molar-refractivity contribution >= 4 is 23.4 Å². The Morgan fingerprint density at radius 1 is 1.20 bits per heavy atom. The van der Waals surface area contributed by atoms with Crippen LogP contribution in [0.1, 0.15) is 5.56 Å². The number of anilines is 1. The molecule has 3 rings (SSSR count). The molecule has 2 heterocycles. The zero-order chi connectivity index (χ0) is 17.6. The summed E-state index contributed by atoms with van der Waals surface area (Å²) >= 11 is 0. The maximum atomic E-state index is 12.0. The number of para-hydroxylation sites is 1. The average molecular weight is 335 g/mol. The van der Waals surface area contributed by atoms with E-state index in [0.29, 0.717) is 17.1 Å². The lowest BCUT2D eigenvalue weighted by Crippen LogP contribution is -2.08. The zero-order valence-corrected chi connectivity index (χ0v) is 12.9. The van der Waals surface area contributed by atoms with Crippen molar-refractivity contribution in [3.8, 4) is 5.82 Å². The molecule has 0 aliphatic rings. The standard InChI is InChI=1S/C17H13N5O3/c23-17(9-6-13-4-1-2-5-15(13)22(24)25)20-14-7-8-16(18-12-14)21-11-3-10-19-21/h1-12H,(H,20,23)/b9-6+. The number of rotatable bonds is 5. The SMILES string of the molecule is O=C(/C=C/c1ccccc1[N+](=O)[O-])Nc1ccc(-n2cccn2)nc1. The molecule has 0 saturated carbocycles. The third-order valence-corrected chi connectivity index (χ3v) is 3.30. The van der Waals surface area contributed by atoms with Crippen molar-refractivity contribution in [1.29, 1.82) is 0 Å². The van der Waals surface area contributed by atoms with E-state index < -0.39 is 10.8 Å². The summed E-state index contributed by atoms with van der Waals surface area (Å²) < 4.78 is 1.60. The van der Waals surface area contributed by atoms with Crippen molar-refractivity contribution in [2.75, 3.05) is 5.32 Å². The largest absolute Gasteiger partial charge is 0.321 e. The molecule has 0 unspecified atom stereocenters. The number of nitrogens with one attached hydrogen (secondary N) is 1.